The van der Waals surface area contributed by atoms with E-state index in [1.54, 1.807) is 6.07 Å². The molecule has 1 aromatic rings. The van der Waals surface area contributed by atoms with Gasteiger partial charge < -0.3 is 10.1 Å². The van der Waals surface area contributed by atoms with E-state index in [2.05, 4.69) is 5.32 Å². The molecule has 22 heavy (non-hydrogen) atoms. The highest BCUT2D eigenvalue weighted by molar-refractivity contribution is 5.42. The molecule has 0 atom stereocenters. The van der Waals surface area contributed by atoms with Crippen molar-refractivity contribution in [1.82, 2.24) is 5.32 Å². The van der Waals surface area contributed by atoms with Gasteiger partial charge in [0.2, 0.25) is 0 Å². The maximum Gasteiger partial charge on any atom is 0.422 e. The highest BCUT2D eigenvalue weighted by atomic mass is 19.4. The summed E-state index contributed by atoms with van der Waals surface area (Å²) in [7, 11) is 0. The molecule has 5 heteroatoms. The molecular weight excluding hydrogens is 291 g/mol. The Morgan fingerprint density at radius 1 is 1.09 bits per heavy atom. The van der Waals surface area contributed by atoms with Crippen molar-refractivity contribution in [3.05, 3.63) is 29.3 Å². The van der Waals surface area contributed by atoms with Gasteiger partial charge in [-0.15, -0.1) is 0 Å². The number of rotatable bonds is 6. The number of hydrogen-bond acceptors (Lipinski definition) is 2. The van der Waals surface area contributed by atoms with Crippen molar-refractivity contribution in [2.75, 3.05) is 6.61 Å². The summed E-state index contributed by atoms with van der Waals surface area (Å²) in [6.07, 6.45) is 2.82. The van der Waals surface area contributed by atoms with E-state index in [0.29, 0.717) is 17.7 Å². The van der Waals surface area contributed by atoms with Crippen molar-refractivity contribution < 1.29 is 17.9 Å². The first kappa shape index (κ1) is 15.7. The van der Waals surface area contributed by atoms with Crippen LogP contribution in [0.5, 0.6) is 5.75 Å². The van der Waals surface area contributed by atoms with E-state index in [4.69, 9.17) is 4.74 Å². The molecule has 3 rings (SSSR count). The van der Waals surface area contributed by atoms with Gasteiger partial charge in [0.25, 0.3) is 0 Å². The quantitative estimate of drug-likeness (QED) is 0.832. The monoisotopic (exact) mass is 313 g/mol. The molecule has 0 unspecified atom stereocenters. The van der Waals surface area contributed by atoms with Crippen LogP contribution < -0.4 is 10.1 Å². The molecule has 0 bridgehead atoms. The fourth-order valence-corrected chi connectivity index (χ4v) is 3.10. The van der Waals surface area contributed by atoms with Crippen LogP contribution in [0.15, 0.2) is 18.2 Å². The SMILES string of the molecule is FC(F)(F)COc1ccc(CNC2CCCC2)cc1C1CC1. The number of alkyl halides is 3. The zero-order valence-electron chi connectivity index (χ0n) is 12.6. The molecule has 1 N–H and O–H groups in total. The Bertz CT molecular complexity index is 505. The number of hydrogen-bond donors (Lipinski definition) is 1. The summed E-state index contributed by atoms with van der Waals surface area (Å²) in [6.45, 7) is -0.434. The largest absolute Gasteiger partial charge is 0.484 e. The van der Waals surface area contributed by atoms with Crippen LogP contribution in [0.25, 0.3) is 0 Å². The first-order chi connectivity index (χ1) is 10.5. The highest BCUT2D eigenvalue weighted by Crippen LogP contribution is 2.45. The van der Waals surface area contributed by atoms with Crippen LogP contribution in [0.1, 0.15) is 55.6 Å². The summed E-state index contributed by atoms with van der Waals surface area (Å²) in [6, 6.07) is 6.18. The first-order valence-electron chi connectivity index (χ1n) is 8.07. The molecule has 2 saturated carbocycles. The summed E-state index contributed by atoms with van der Waals surface area (Å²) < 4.78 is 42.0. The van der Waals surface area contributed by atoms with Gasteiger partial charge in [-0.05, 0) is 48.8 Å². The van der Waals surface area contributed by atoms with Crippen LogP contribution in [0.4, 0.5) is 13.2 Å². The predicted molar refractivity (Wildman–Crippen MR) is 79.1 cm³/mol. The van der Waals surface area contributed by atoms with E-state index >= 15 is 0 Å². The molecule has 2 aliphatic rings. The smallest absolute Gasteiger partial charge is 0.422 e. The van der Waals surface area contributed by atoms with Crippen molar-refractivity contribution in [2.24, 2.45) is 0 Å². The zero-order chi connectivity index (χ0) is 15.6. The molecule has 2 fully saturated rings. The molecule has 2 aliphatic carbocycles. The normalized spacial score (nSPS) is 19.6. The predicted octanol–water partition coefficient (Wildman–Crippen LogP) is 4.54. The average Bonchev–Trinajstić information content (AvgIpc) is 3.19. The minimum absolute atomic E-state index is 0.370. The molecular formula is C17H22F3NO. The fourth-order valence-electron chi connectivity index (χ4n) is 3.10. The van der Waals surface area contributed by atoms with Gasteiger partial charge in [-0.1, -0.05) is 25.0 Å². The van der Waals surface area contributed by atoms with Crippen LogP contribution in [0, 0.1) is 0 Å². The lowest BCUT2D eigenvalue weighted by Gasteiger charge is -2.16. The van der Waals surface area contributed by atoms with E-state index < -0.39 is 12.8 Å². The van der Waals surface area contributed by atoms with Crippen LogP contribution in [-0.4, -0.2) is 18.8 Å². The Morgan fingerprint density at radius 3 is 2.45 bits per heavy atom. The summed E-state index contributed by atoms with van der Waals surface area (Å²) >= 11 is 0. The maximum atomic E-state index is 12.3. The van der Waals surface area contributed by atoms with Gasteiger partial charge in [-0.2, -0.15) is 13.2 Å². The molecule has 0 aromatic heterocycles. The maximum absolute atomic E-state index is 12.3. The lowest BCUT2D eigenvalue weighted by Crippen LogP contribution is -2.25. The Labute approximate surface area is 129 Å². The van der Waals surface area contributed by atoms with Crippen molar-refractivity contribution in [1.29, 1.82) is 0 Å². The van der Waals surface area contributed by atoms with Crippen molar-refractivity contribution in [2.45, 2.75) is 63.2 Å². The molecule has 0 heterocycles. The topological polar surface area (TPSA) is 21.3 Å². The third kappa shape index (κ3) is 4.38. The lowest BCUT2D eigenvalue weighted by atomic mass is 10.1. The molecule has 2 nitrogen and oxygen atoms in total. The molecule has 0 spiro atoms. The van der Waals surface area contributed by atoms with E-state index in [0.717, 1.165) is 30.5 Å². The van der Waals surface area contributed by atoms with Crippen LogP contribution >= 0.6 is 0 Å². The Kier molecular flexibility index (Phi) is 4.62. The van der Waals surface area contributed by atoms with Gasteiger partial charge in [-0.25, -0.2) is 0 Å². The van der Waals surface area contributed by atoms with E-state index in [1.165, 1.54) is 25.7 Å². The van der Waals surface area contributed by atoms with Gasteiger partial charge in [0.15, 0.2) is 6.61 Å². The minimum atomic E-state index is -4.29. The van der Waals surface area contributed by atoms with Gasteiger partial charge in [0, 0.05) is 12.6 Å². The molecule has 1 aromatic carbocycles. The summed E-state index contributed by atoms with van der Waals surface area (Å²) in [4.78, 5) is 0. The molecule has 0 saturated heterocycles. The zero-order valence-corrected chi connectivity index (χ0v) is 12.6. The van der Waals surface area contributed by atoms with E-state index in [9.17, 15) is 13.2 Å². The number of ether oxygens (including phenoxy) is 1. The molecule has 0 aliphatic heterocycles. The summed E-state index contributed by atoms with van der Waals surface area (Å²) in [5.41, 5.74) is 2.07. The first-order valence-corrected chi connectivity index (χ1v) is 8.07. The third-order valence-electron chi connectivity index (χ3n) is 4.43. The standard InChI is InChI=1S/C17H22F3NO/c18-17(19,20)11-22-16-8-5-12(9-15(16)13-6-7-13)10-21-14-3-1-2-4-14/h5,8-9,13-14,21H,1-4,6-7,10-11H2. The van der Waals surface area contributed by atoms with Gasteiger partial charge in [-0.3, -0.25) is 0 Å². The number of halogens is 3. The summed E-state index contributed by atoms with van der Waals surface area (Å²) in [5, 5.41) is 3.54. The van der Waals surface area contributed by atoms with Crippen LogP contribution in [-0.2, 0) is 6.54 Å². The second kappa shape index (κ2) is 6.49. The van der Waals surface area contributed by atoms with E-state index in [-0.39, 0.29) is 0 Å². The third-order valence-corrected chi connectivity index (χ3v) is 4.43. The molecule has 0 amide bonds. The second-order valence-corrected chi connectivity index (χ2v) is 6.41. The van der Waals surface area contributed by atoms with Crippen molar-refractivity contribution in [3.8, 4) is 5.75 Å². The Hall–Kier alpha value is -1.23. The summed E-state index contributed by atoms with van der Waals surface area (Å²) in [5.74, 6) is 0.763. The van der Waals surface area contributed by atoms with Crippen molar-refractivity contribution in [3.63, 3.8) is 0 Å². The number of nitrogens with one attached hydrogen (secondary N) is 1. The van der Waals surface area contributed by atoms with Gasteiger partial charge in [0.1, 0.15) is 5.75 Å². The average molecular weight is 313 g/mol. The van der Waals surface area contributed by atoms with Gasteiger partial charge >= 0.3 is 6.18 Å². The van der Waals surface area contributed by atoms with Crippen molar-refractivity contribution >= 4 is 0 Å². The van der Waals surface area contributed by atoms with E-state index in [1.807, 2.05) is 12.1 Å². The highest BCUT2D eigenvalue weighted by Gasteiger charge is 2.31. The Morgan fingerprint density at radius 2 is 1.82 bits per heavy atom. The Balaban J connectivity index is 1.64. The van der Waals surface area contributed by atoms with Crippen LogP contribution in [0.3, 0.4) is 0 Å². The van der Waals surface area contributed by atoms with Gasteiger partial charge in [0.05, 0.1) is 0 Å². The minimum Gasteiger partial charge on any atom is -0.484 e. The fraction of sp³-hybridized carbons (Fsp3) is 0.647. The number of benzene rings is 1. The van der Waals surface area contributed by atoms with Crippen LogP contribution in [0.2, 0.25) is 0 Å². The molecule has 0 radical (unpaired) electrons. The molecule has 122 valence electrons. The second-order valence-electron chi connectivity index (χ2n) is 6.41. The lowest BCUT2D eigenvalue weighted by molar-refractivity contribution is -0.153.